The number of nitrogens with zero attached hydrogens (tertiary/aromatic N) is 1. The van der Waals surface area contributed by atoms with Crippen LogP contribution in [0.15, 0.2) is 59.9 Å². The molecule has 0 amide bonds. The van der Waals surface area contributed by atoms with E-state index in [0.717, 1.165) is 30.5 Å². The summed E-state index contributed by atoms with van der Waals surface area (Å²) >= 11 is 0. The van der Waals surface area contributed by atoms with E-state index in [0.29, 0.717) is 12.1 Å². The van der Waals surface area contributed by atoms with Gasteiger partial charge in [0.25, 0.3) is 0 Å². The summed E-state index contributed by atoms with van der Waals surface area (Å²) in [6, 6.07) is 0.706. The second-order valence-electron chi connectivity index (χ2n) is 5.88. The second-order valence-corrected chi connectivity index (χ2v) is 5.88. The van der Waals surface area contributed by atoms with Gasteiger partial charge in [-0.05, 0) is 55.8 Å². The first-order valence-corrected chi connectivity index (χ1v) is 8.44. The minimum absolute atomic E-state index is 0.313. The van der Waals surface area contributed by atoms with Gasteiger partial charge in [-0.15, -0.1) is 0 Å². The number of rotatable bonds is 9. The molecule has 0 aliphatic carbocycles. The van der Waals surface area contributed by atoms with Gasteiger partial charge < -0.3 is 10.7 Å². The average molecular weight is 313 g/mol. The van der Waals surface area contributed by atoms with Gasteiger partial charge in [0.05, 0.1) is 0 Å². The van der Waals surface area contributed by atoms with Crippen LogP contribution in [0.3, 0.4) is 0 Å². The molecule has 23 heavy (non-hydrogen) atoms. The Balaban J connectivity index is 2.92. The van der Waals surface area contributed by atoms with Crippen molar-refractivity contribution in [2.75, 3.05) is 13.6 Å². The van der Waals surface area contributed by atoms with Crippen molar-refractivity contribution >= 4 is 6.21 Å². The van der Waals surface area contributed by atoms with E-state index in [2.05, 4.69) is 68.9 Å². The average Bonchev–Trinajstić information content (AvgIpc) is 2.60. The van der Waals surface area contributed by atoms with E-state index in [9.17, 15) is 0 Å². The second kappa shape index (κ2) is 10.0. The minimum atomic E-state index is 0.313. The molecule has 0 radical (unpaired) electrons. The molecule has 0 bridgehead atoms. The highest BCUT2D eigenvalue weighted by molar-refractivity contribution is 5.79. The zero-order valence-corrected chi connectivity index (χ0v) is 15.0. The molecule has 0 aromatic carbocycles. The SMILES string of the molecule is C=CC(/C=C/CC)=C(\C=N)CN(C)C(C)C1=CC=CNC1CC. The molecule has 0 spiro atoms. The van der Waals surface area contributed by atoms with Crippen LogP contribution in [0, 0.1) is 5.41 Å². The smallest absolute Gasteiger partial charge is 0.0483 e. The summed E-state index contributed by atoms with van der Waals surface area (Å²) in [6.45, 7) is 11.2. The number of nitrogens with one attached hydrogen (secondary N) is 2. The normalized spacial score (nSPS) is 20.0. The molecule has 2 unspecified atom stereocenters. The molecule has 2 atom stereocenters. The largest absolute Gasteiger partial charge is 0.384 e. The summed E-state index contributed by atoms with van der Waals surface area (Å²) in [4.78, 5) is 2.29. The predicted octanol–water partition coefficient (Wildman–Crippen LogP) is 4.23. The highest BCUT2D eigenvalue weighted by Gasteiger charge is 2.22. The molecule has 0 aromatic rings. The van der Waals surface area contributed by atoms with Crippen molar-refractivity contribution in [2.45, 2.75) is 45.7 Å². The van der Waals surface area contributed by atoms with E-state index in [1.165, 1.54) is 11.8 Å². The topological polar surface area (TPSA) is 39.1 Å². The predicted molar refractivity (Wildman–Crippen MR) is 102 cm³/mol. The van der Waals surface area contributed by atoms with Gasteiger partial charge in [-0.1, -0.05) is 44.7 Å². The number of likely N-dealkylation sites (N-methyl/N-ethyl adjacent to an activating group) is 1. The molecule has 1 rings (SSSR count). The van der Waals surface area contributed by atoms with Crippen LogP contribution in [-0.2, 0) is 0 Å². The summed E-state index contributed by atoms with van der Waals surface area (Å²) in [7, 11) is 2.12. The maximum absolute atomic E-state index is 7.75. The van der Waals surface area contributed by atoms with Crippen molar-refractivity contribution in [1.29, 1.82) is 5.41 Å². The van der Waals surface area contributed by atoms with Gasteiger partial charge in [0.2, 0.25) is 0 Å². The molecule has 1 aliphatic heterocycles. The van der Waals surface area contributed by atoms with Crippen molar-refractivity contribution in [3.05, 3.63) is 59.9 Å². The van der Waals surface area contributed by atoms with Crippen molar-refractivity contribution in [3.8, 4) is 0 Å². The third-order valence-corrected chi connectivity index (χ3v) is 4.35. The fourth-order valence-corrected chi connectivity index (χ4v) is 2.76. The van der Waals surface area contributed by atoms with Crippen LogP contribution in [0.2, 0.25) is 0 Å². The quantitative estimate of drug-likeness (QED) is 0.494. The van der Waals surface area contributed by atoms with Gasteiger partial charge in [-0.25, -0.2) is 0 Å². The van der Waals surface area contributed by atoms with E-state index in [4.69, 9.17) is 5.41 Å². The lowest BCUT2D eigenvalue weighted by molar-refractivity contribution is 0.300. The fraction of sp³-hybridized carbons (Fsp3) is 0.450. The van der Waals surface area contributed by atoms with Crippen LogP contribution >= 0.6 is 0 Å². The number of hydrogen-bond donors (Lipinski definition) is 2. The Morgan fingerprint density at radius 2 is 2.22 bits per heavy atom. The first-order chi connectivity index (χ1) is 11.1. The highest BCUT2D eigenvalue weighted by Crippen LogP contribution is 2.20. The maximum atomic E-state index is 7.75. The van der Waals surface area contributed by atoms with Crippen LogP contribution in [0.5, 0.6) is 0 Å². The summed E-state index contributed by atoms with van der Waals surface area (Å²) in [5.41, 5.74) is 3.42. The number of dihydropyridines is 1. The first kappa shape index (κ1) is 19.2. The van der Waals surface area contributed by atoms with Crippen molar-refractivity contribution in [2.24, 2.45) is 0 Å². The van der Waals surface area contributed by atoms with Gasteiger partial charge in [-0.3, -0.25) is 4.90 Å². The molecule has 2 N–H and O–H groups in total. The molecular weight excluding hydrogens is 282 g/mol. The molecule has 126 valence electrons. The zero-order valence-electron chi connectivity index (χ0n) is 15.0. The Morgan fingerprint density at radius 1 is 1.48 bits per heavy atom. The van der Waals surface area contributed by atoms with Crippen molar-refractivity contribution in [1.82, 2.24) is 10.2 Å². The van der Waals surface area contributed by atoms with Crippen LogP contribution in [0.25, 0.3) is 0 Å². The van der Waals surface area contributed by atoms with Gasteiger partial charge >= 0.3 is 0 Å². The number of allylic oxidation sites excluding steroid dienone is 6. The minimum Gasteiger partial charge on any atom is -0.384 e. The molecule has 0 saturated heterocycles. The van der Waals surface area contributed by atoms with Crippen LogP contribution in [0.1, 0.15) is 33.6 Å². The number of hydrogen-bond acceptors (Lipinski definition) is 3. The molecule has 1 aliphatic rings. The van der Waals surface area contributed by atoms with Crippen LogP contribution in [0.4, 0.5) is 0 Å². The van der Waals surface area contributed by atoms with Gasteiger partial charge in [0, 0.05) is 24.8 Å². The lowest BCUT2D eigenvalue weighted by Gasteiger charge is -2.33. The highest BCUT2D eigenvalue weighted by atomic mass is 15.1. The Hall–Kier alpha value is -1.87. The maximum Gasteiger partial charge on any atom is 0.0483 e. The molecule has 0 aromatic heterocycles. The van der Waals surface area contributed by atoms with Gasteiger partial charge in [0.15, 0.2) is 0 Å². The Bertz CT molecular complexity index is 523. The summed E-state index contributed by atoms with van der Waals surface area (Å²) in [5, 5.41) is 11.2. The lowest BCUT2D eigenvalue weighted by Crippen LogP contribution is -2.40. The van der Waals surface area contributed by atoms with Crippen molar-refractivity contribution < 1.29 is 0 Å². The molecule has 0 saturated carbocycles. The molecule has 0 fully saturated rings. The summed E-state index contributed by atoms with van der Waals surface area (Å²) < 4.78 is 0. The van der Waals surface area contributed by atoms with E-state index >= 15 is 0 Å². The molecule has 3 heteroatoms. The van der Waals surface area contributed by atoms with E-state index in [1.807, 2.05) is 12.3 Å². The van der Waals surface area contributed by atoms with E-state index < -0.39 is 0 Å². The van der Waals surface area contributed by atoms with Crippen LogP contribution < -0.4 is 5.32 Å². The molecular formula is C20H31N3. The fourth-order valence-electron chi connectivity index (χ4n) is 2.76. The van der Waals surface area contributed by atoms with Crippen molar-refractivity contribution in [3.63, 3.8) is 0 Å². The van der Waals surface area contributed by atoms with Gasteiger partial charge in [0.1, 0.15) is 0 Å². The van der Waals surface area contributed by atoms with Crippen LogP contribution in [-0.4, -0.2) is 36.8 Å². The van der Waals surface area contributed by atoms with Gasteiger partial charge in [-0.2, -0.15) is 0 Å². The molecule has 1 heterocycles. The zero-order chi connectivity index (χ0) is 17.2. The monoisotopic (exact) mass is 313 g/mol. The van der Waals surface area contributed by atoms with E-state index in [-0.39, 0.29) is 0 Å². The summed E-state index contributed by atoms with van der Waals surface area (Å²) in [6.07, 6.45) is 15.8. The third kappa shape index (κ3) is 5.36. The summed E-state index contributed by atoms with van der Waals surface area (Å²) in [5.74, 6) is 0. The third-order valence-electron chi connectivity index (χ3n) is 4.35. The van der Waals surface area contributed by atoms with E-state index in [1.54, 1.807) is 0 Å². The Labute approximate surface area is 141 Å². The Kier molecular flexibility index (Phi) is 8.35. The lowest BCUT2D eigenvalue weighted by atomic mass is 9.94. The first-order valence-electron chi connectivity index (χ1n) is 8.44. The Morgan fingerprint density at radius 3 is 2.78 bits per heavy atom. The standard InChI is InChI=1S/C20H31N3/c1-6-9-11-17(7-2)18(14-21)15-23(5)16(4)19-12-10-13-22-20(19)8-3/h7,9-14,16,20-22H,2,6,8,15H2,1,3-5H3/b11-9+,18-17-,21-14?. The molecule has 3 nitrogen and oxygen atoms in total.